The normalized spacial score (nSPS) is 34.4. The number of hydrogen-bond donors (Lipinski definition) is 2. The molecular weight excluding hydrogens is 252 g/mol. The molecule has 0 spiro atoms. The molecule has 2 heterocycles. The molecule has 0 aliphatic carbocycles. The van der Waals surface area contributed by atoms with Crippen LogP contribution in [0.2, 0.25) is 0 Å². The molecule has 2 rings (SSSR count). The van der Waals surface area contributed by atoms with Gasteiger partial charge in [0.15, 0.2) is 11.9 Å². The summed E-state index contributed by atoms with van der Waals surface area (Å²) in [5.41, 5.74) is -2.40. The quantitative estimate of drug-likeness (QED) is 0.704. The van der Waals surface area contributed by atoms with E-state index in [4.69, 9.17) is 4.74 Å². The highest BCUT2D eigenvalue weighted by Gasteiger charge is 2.51. The number of carbonyl (C=O) groups excluding carboxylic acids is 1. The van der Waals surface area contributed by atoms with Gasteiger partial charge in [-0.25, -0.2) is 4.79 Å². The lowest BCUT2D eigenvalue weighted by Crippen LogP contribution is -2.41. The van der Waals surface area contributed by atoms with Gasteiger partial charge in [0.1, 0.15) is 6.23 Å². The Kier molecular flexibility index (Phi) is 3.42. The molecule has 19 heavy (non-hydrogen) atoms. The minimum atomic E-state index is -1.31. The minimum absolute atomic E-state index is 0.166. The molecule has 1 aliphatic rings. The van der Waals surface area contributed by atoms with Gasteiger partial charge in [-0.2, -0.15) is 0 Å². The fourth-order valence-electron chi connectivity index (χ4n) is 2.42. The maximum absolute atomic E-state index is 11.7. The number of nitrogens with one attached hydrogen (secondary N) is 1. The molecule has 1 aliphatic heterocycles. The summed E-state index contributed by atoms with van der Waals surface area (Å²) in [5, 5.41) is 9.38. The first-order valence-corrected chi connectivity index (χ1v) is 6.01. The molecule has 7 nitrogen and oxygen atoms in total. The van der Waals surface area contributed by atoms with Crippen LogP contribution in [0.25, 0.3) is 0 Å². The van der Waals surface area contributed by atoms with Crippen molar-refractivity contribution in [3.05, 3.63) is 33.1 Å². The molecule has 0 saturated carbocycles. The average molecular weight is 268 g/mol. The number of rotatable bonds is 3. The van der Waals surface area contributed by atoms with Crippen LogP contribution in [0.5, 0.6) is 0 Å². The largest absolute Gasteiger partial charge is 0.393 e. The highest BCUT2D eigenvalue weighted by atomic mass is 16.5. The summed E-state index contributed by atoms with van der Waals surface area (Å²) >= 11 is 0. The summed E-state index contributed by atoms with van der Waals surface area (Å²) in [6.07, 6.45) is 1.20. The Labute approximate surface area is 108 Å². The zero-order chi connectivity index (χ0) is 14.2. The van der Waals surface area contributed by atoms with E-state index < -0.39 is 29.7 Å². The van der Waals surface area contributed by atoms with E-state index >= 15 is 0 Å². The standard InChI is InChI=1S/C12H16N2O5/c1-7-8(2)12(5-15,6-16)19-10(7)14-4-3-9(17)13-11(14)18/h3-5,7-8,10,16H,6H2,1-2H3,(H,13,17,18). The second kappa shape index (κ2) is 4.75. The Morgan fingerprint density at radius 3 is 2.68 bits per heavy atom. The number of carbonyl (C=O) groups is 1. The van der Waals surface area contributed by atoms with Crippen LogP contribution in [-0.4, -0.2) is 33.2 Å². The van der Waals surface area contributed by atoms with E-state index in [9.17, 15) is 19.5 Å². The highest BCUT2D eigenvalue weighted by molar-refractivity contribution is 5.64. The number of nitrogens with zero attached hydrogens (tertiary/aromatic N) is 1. The van der Waals surface area contributed by atoms with Crippen LogP contribution in [-0.2, 0) is 9.53 Å². The average Bonchev–Trinajstić information content (AvgIpc) is 2.64. The minimum Gasteiger partial charge on any atom is -0.393 e. The molecule has 4 atom stereocenters. The molecule has 0 bridgehead atoms. The predicted octanol–water partition coefficient (Wildman–Crippen LogP) is -0.732. The van der Waals surface area contributed by atoms with E-state index in [1.165, 1.54) is 16.8 Å². The van der Waals surface area contributed by atoms with Crippen LogP contribution in [0.15, 0.2) is 21.9 Å². The zero-order valence-corrected chi connectivity index (χ0v) is 10.7. The van der Waals surface area contributed by atoms with E-state index in [1.54, 1.807) is 6.92 Å². The summed E-state index contributed by atoms with van der Waals surface area (Å²) < 4.78 is 6.83. The fourth-order valence-corrected chi connectivity index (χ4v) is 2.42. The molecule has 2 N–H and O–H groups in total. The van der Waals surface area contributed by atoms with Crippen molar-refractivity contribution >= 4 is 6.29 Å². The van der Waals surface area contributed by atoms with Crippen LogP contribution < -0.4 is 11.2 Å². The van der Waals surface area contributed by atoms with Gasteiger partial charge in [-0.1, -0.05) is 13.8 Å². The van der Waals surface area contributed by atoms with Gasteiger partial charge in [0.2, 0.25) is 0 Å². The number of ether oxygens (including phenoxy) is 1. The van der Waals surface area contributed by atoms with Crippen LogP contribution in [0.3, 0.4) is 0 Å². The van der Waals surface area contributed by atoms with Gasteiger partial charge in [0.25, 0.3) is 5.56 Å². The third-order valence-corrected chi connectivity index (χ3v) is 3.92. The van der Waals surface area contributed by atoms with Crippen LogP contribution >= 0.6 is 0 Å². The molecule has 0 radical (unpaired) electrons. The van der Waals surface area contributed by atoms with Gasteiger partial charge < -0.3 is 14.6 Å². The van der Waals surface area contributed by atoms with Gasteiger partial charge in [0.05, 0.1) is 6.61 Å². The summed E-state index contributed by atoms with van der Waals surface area (Å²) in [6, 6.07) is 1.21. The van der Waals surface area contributed by atoms with Gasteiger partial charge >= 0.3 is 5.69 Å². The van der Waals surface area contributed by atoms with Crippen molar-refractivity contribution in [2.75, 3.05) is 6.61 Å². The lowest BCUT2D eigenvalue weighted by Gasteiger charge is -2.24. The van der Waals surface area contributed by atoms with Crippen LogP contribution in [0.1, 0.15) is 20.1 Å². The Morgan fingerprint density at radius 1 is 1.53 bits per heavy atom. The topological polar surface area (TPSA) is 101 Å². The molecule has 0 aromatic carbocycles. The molecule has 1 saturated heterocycles. The van der Waals surface area contributed by atoms with Crippen molar-refractivity contribution in [2.45, 2.75) is 25.7 Å². The van der Waals surface area contributed by atoms with Crippen molar-refractivity contribution in [3.63, 3.8) is 0 Å². The number of aromatic amines is 1. The van der Waals surface area contributed by atoms with Crippen LogP contribution in [0.4, 0.5) is 0 Å². The lowest BCUT2D eigenvalue weighted by atomic mass is 9.84. The summed E-state index contributed by atoms with van der Waals surface area (Å²) in [5.74, 6) is -0.417. The summed E-state index contributed by atoms with van der Waals surface area (Å²) in [7, 11) is 0. The van der Waals surface area contributed by atoms with E-state index in [-0.39, 0.29) is 11.8 Å². The molecule has 104 valence electrons. The summed E-state index contributed by atoms with van der Waals surface area (Å²) in [6.45, 7) is 3.16. The first-order valence-electron chi connectivity index (χ1n) is 6.01. The number of aliphatic hydroxyl groups excluding tert-OH is 1. The maximum Gasteiger partial charge on any atom is 0.330 e. The molecular formula is C12H16N2O5. The van der Waals surface area contributed by atoms with E-state index in [2.05, 4.69) is 4.98 Å². The molecule has 7 heteroatoms. The fraction of sp³-hybridized carbons (Fsp3) is 0.583. The van der Waals surface area contributed by atoms with E-state index in [1.807, 2.05) is 6.92 Å². The van der Waals surface area contributed by atoms with Gasteiger partial charge in [-0.15, -0.1) is 0 Å². The van der Waals surface area contributed by atoms with E-state index in [0.717, 1.165) is 0 Å². The molecule has 4 unspecified atom stereocenters. The Hall–Kier alpha value is -1.73. The second-order valence-corrected chi connectivity index (χ2v) is 4.90. The number of H-pyrrole nitrogens is 1. The Balaban J connectivity index is 2.45. The zero-order valence-electron chi connectivity index (χ0n) is 10.7. The Bertz CT molecular complexity index is 592. The molecule has 1 aromatic rings. The SMILES string of the molecule is CC1C(n2ccc(=O)[nH]c2=O)OC(C=O)(CO)C1C. The Morgan fingerprint density at radius 2 is 2.21 bits per heavy atom. The highest BCUT2D eigenvalue weighted by Crippen LogP contribution is 2.43. The molecule has 0 amide bonds. The summed E-state index contributed by atoms with van der Waals surface area (Å²) in [4.78, 5) is 36.1. The third kappa shape index (κ3) is 2.04. The van der Waals surface area contributed by atoms with Crippen LogP contribution in [0, 0.1) is 11.8 Å². The van der Waals surface area contributed by atoms with E-state index in [0.29, 0.717) is 6.29 Å². The number of hydrogen-bond acceptors (Lipinski definition) is 5. The number of aromatic nitrogens is 2. The number of aldehydes is 1. The van der Waals surface area contributed by atoms with Gasteiger partial charge in [-0.3, -0.25) is 14.3 Å². The van der Waals surface area contributed by atoms with Gasteiger partial charge in [-0.05, 0) is 0 Å². The first kappa shape index (κ1) is 13.7. The predicted molar refractivity (Wildman–Crippen MR) is 65.7 cm³/mol. The van der Waals surface area contributed by atoms with Gasteiger partial charge in [0, 0.05) is 24.1 Å². The first-order chi connectivity index (χ1) is 8.95. The third-order valence-electron chi connectivity index (χ3n) is 3.92. The monoisotopic (exact) mass is 268 g/mol. The van der Waals surface area contributed by atoms with Crippen molar-refractivity contribution in [3.8, 4) is 0 Å². The number of aliphatic hydroxyl groups is 1. The van der Waals surface area contributed by atoms with Crippen molar-refractivity contribution < 1.29 is 14.6 Å². The second-order valence-electron chi connectivity index (χ2n) is 4.90. The van der Waals surface area contributed by atoms with Crippen molar-refractivity contribution in [1.29, 1.82) is 0 Å². The van der Waals surface area contributed by atoms with Crippen molar-refractivity contribution in [1.82, 2.24) is 9.55 Å². The van der Waals surface area contributed by atoms with Crippen molar-refractivity contribution in [2.24, 2.45) is 11.8 Å². The molecule has 1 aromatic heterocycles. The maximum atomic E-state index is 11.7. The molecule has 1 fully saturated rings. The smallest absolute Gasteiger partial charge is 0.330 e. The lowest BCUT2D eigenvalue weighted by molar-refractivity contribution is -0.145.